The number of carboxylic acids is 2. The Morgan fingerprint density at radius 2 is 1.77 bits per heavy atom. The molecule has 1 aromatic carbocycles. The third-order valence-electron chi connectivity index (χ3n) is 3.02. The molecule has 6 nitrogen and oxygen atoms in total. The SMILES string of the molecule is C=C(C)C(=O)OC(CCC)c1ccc(C(=O)O)c(C(=O)O)c1. The summed E-state index contributed by atoms with van der Waals surface area (Å²) in [6, 6.07) is 3.90. The van der Waals surface area contributed by atoms with Crippen molar-refractivity contribution in [3.05, 3.63) is 47.0 Å². The predicted molar refractivity (Wildman–Crippen MR) is 78.9 cm³/mol. The summed E-state index contributed by atoms with van der Waals surface area (Å²) in [7, 11) is 0. The summed E-state index contributed by atoms with van der Waals surface area (Å²) in [5.74, 6) is -3.24. The Labute approximate surface area is 128 Å². The first-order valence-corrected chi connectivity index (χ1v) is 6.75. The summed E-state index contributed by atoms with van der Waals surface area (Å²) in [4.78, 5) is 33.9. The van der Waals surface area contributed by atoms with Crippen LogP contribution in [0.25, 0.3) is 0 Å². The van der Waals surface area contributed by atoms with Crippen molar-refractivity contribution >= 4 is 17.9 Å². The quantitative estimate of drug-likeness (QED) is 0.593. The number of carboxylic acid groups (broad SMARTS) is 2. The van der Waals surface area contributed by atoms with Gasteiger partial charge in [0.1, 0.15) is 6.10 Å². The van der Waals surface area contributed by atoms with Crippen LogP contribution in [0.15, 0.2) is 30.4 Å². The topological polar surface area (TPSA) is 101 Å². The van der Waals surface area contributed by atoms with Gasteiger partial charge in [-0.3, -0.25) is 0 Å². The van der Waals surface area contributed by atoms with E-state index in [1.165, 1.54) is 25.1 Å². The van der Waals surface area contributed by atoms with Crippen molar-refractivity contribution in [2.75, 3.05) is 0 Å². The van der Waals surface area contributed by atoms with E-state index in [1.807, 2.05) is 6.92 Å². The third-order valence-corrected chi connectivity index (χ3v) is 3.02. The highest BCUT2D eigenvalue weighted by atomic mass is 16.5. The fourth-order valence-corrected chi connectivity index (χ4v) is 1.91. The van der Waals surface area contributed by atoms with Crippen molar-refractivity contribution in [1.29, 1.82) is 0 Å². The maximum absolute atomic E-state index is 11.7. The Balaban J connectivity index is 3.23. The smallest absolute Gasteiger partial charge is 0.336 e. The number of aromatic carboxylic acids is 2. The van der Waals surface area contributed by atoms with Gasteiger partial charge in [0.05, 0.1) is 11.1 Å². The molecule has 0 saturated heterocycles. The van der Waals surface area contributed by atoms with E-state index in [-0.39, 0.29) is 16.7 Å². The van der Waals surface area contributed by atoms with E-state index >= 15 is 0 Å². The first-order chi connectivity index (χ1) is 10.3. The van der Waals surface area contributed by atoms with Crippen LogP contribution >= 0.6 is 0 Å². The number of esters is 1. The number of hydrogen-bond donors (Lipinski definition) is 2. The zero-order valence-electron chi connectivity index (χ0n) is 12.5. The highest BCUT2D eigenvalue weighted by Crippen LogP contribution is 2.26. The van der Waals surface area contributed by atoms with E-state index in [9.17, 15) is 14.4 Å². The minimum Gasteiger partial charge on any atom is -0.478 e. The van der Waals surface area contributed by atoms with Crippen molar-refractivity contribution in [3.63, 3.8) is 0 Å². The second-order valence-corrected chi connectivity index (χ2v) is 4.88. The lowest BCUT2D eigenvalue weighted by Gasteiger charge is -2.18. The molecule has 0 aliphatic carbocycles. The monoisotopic (exact) mass is 306 g/mol. The molecule has 0 aliphatic heterocycles. The number of ether oxygens (including phenoxy) is 1. The average molecular weight is 306 g/mol. The van der Waals surface area contributed by atoms with Gasteiger partial charge in [0.2, 0.25) is 0 Å². The molecule has 0 spiro atoms. The van der Waals surface area contributed by atoms with E-state index < -0.39 is 24.0 Å². The van der Waals surface area contributed by atoms with Gasteiger partial charge in [-0.05, 0) is 31.0 Å². The molecular weight excluding hydrogens is 288 g/mol. The largest absolute Gasteiger partial charge is 0.478 e. The van der Waals surface area contributed by atoms with Gasteiger partial charge in [-0.1, -0.05) is 26.0 Å². The third kappa shape index (κ3) is 4.18. The van der Waals surface area contributed by atoms with Crippen LogP contribution in [0.1, 0.15) is 59.1 Å². The number of carbonyl (C=O) groups is 3. The Morgan fingerprint density at radius 3 is 2.23 bits per heavy atom. The number of hydrogen-bond acceptors (Lipinski definition) is 4. The minimum absolute atomic E-state index is 0.238. The Morgan fingerprint density at radius 1 is 1.18 bits per heavy atom. The van der Waals surface area contributed by atoms with Crippen molar-refractivity contribution in [2.45, 2.75) is 32.8 Å². The van der Waals surface area contributed by atoms with E-state index in [2.05, 4.69) is 6.58 Å². The molecule has 1 unspecified atom stereocenters. The van der Waals surface area contributed by atoms with Gasteiger partial charge in [0, 0.05) is 5.57 Å². The fourth-order valence-electron chi connectivity index (χ4n) is 1.91. The van der Waals surface area contributed by atoms with Gasteiger partial charge in [-0.15, -0.1) is 0 Å². The van der Waals surface area contributed by atoms with E-state index in [1.54, 1.807) is 0 Å². The molecule has 0 aromatic heterocycles. The van der Waals surface area contributed by atoms with Crippen LogP contribution in [-0.4, -0.2) is 28.1 Å². The van der Waals surface area contributed by atoms with Gasteiger partial charge >= 0.3 is 17.9 Å². The highest BCUT2D eigenvalue weighted by molar-refractivity contribution is 6.01. The lowest BCUT2D eigenvalue weighted by molar-refractivity contribution is -0.145. The Bertz CT molecular complexity index is 617. The lowest BCUT2D eigenvalue weighted by Crippen LogP contribution is -2.14. The maximum atomic E-state index is 11.7. The van der Waals surface area contributed by atoms with Gasteiger partial charge in [0.15, 0.2) is 0 Å². The summed E-state index contributed by atoms with van der Waals surface area (Å²) in [6.45, 7) is 6.91. The molecule has 0 bridgehead atoms. The molecule has 0 fully saturated rings. The molecule has 1 rings (SSSR count). The molecule has 6 heteroatoms. The van der Waals surface area contributed by atoms with E-state index in [4.69, 9.17) is 14.9 Å². The molecule has 118 valence electrons. The standard InChI is InChI=1S/C16H18O6/c1-4-5-13(22-16(21)9(2)3)10-6-7-11(14(17)18)12(8-10)15(19)20/h6-8,13H,2,4-5H2,1,3H3,(H,17,18)(H,19,20). The van der Waals surface area contributed by atoms with Gasteiger partial charge in [0.25, 0.3) is 0 Å². The molecule has 0 amide bonds. The van der Waals surface area contributed by atoms with Crippen LogP contribution in [0.2, 0.25) is 0 Å². The van der Waals surface area contributed by atoms with Crippen molar-refractivity contribution in [3.8, 4) is 0 Å². The normalized spacial score (nSPS) is 11.5. The molecule has 2 N–H and O–H groups in total. The maximum Gasteiger partial charge on any atom is 0.336 e. The Kier molecular flexibility index (Phi) is 5.86. The molecule has 0 aliphatic rings. The van der Waals surface area contributed by atoms with Gasteiger partial charge < -0.3 is 14.9 Å². The Hall–Kier alpha value is -2.63. The number of carbonyl (C=O) groups excluding carboxylic acids is 1. The molecule has 0 saturated carbocycles. The number of benzene rings is 1. The van der Waals surface area contributed by atoms with Crippen LogP contribution in [-0.2, 0) is 9.53 Å². The molecule has 0 heterocycles. The molecule has 0 radical (unpaired) electrons. The first kappa shape index (κ1) is 17.4. The summed E-state index contributed by atoms with van der Waals surface area (Å²) in [5, 5.41) is 18.1. The highest BCUT2D eigenvalue weighted by Gasteiger charge is 2.21. The summed E-state index contributed by atoms with van der Waals surface area (Å²) in [5.41, 5.74) is 0.0378. The van der Waals surface area contributed by atoms with Crippen molar-refractivity contribution in [2.24, 2.45) is 0 Å². The average Bonchev–Trinajstić information content (AvgIpc) is 2.45. The summed E-state index contributed by atoms with van der Waals surface area (Å²) in [6.07, 6.45) is 0.553. The van der Waals surface area contributed by atoms with Gasteiger partial charge in [-0.25, -0.2) is 14.4 Å². The summed E-state index contributed by atoms with van der Waals surface area (Å²) >= 11 is 0. The first-order valence-electron chi connectivity index (χ1n) is 6.75. The second kappa shape index (κ2) is 7.40. The molecule has 1 aromatic rings. The zero-order valence-corrected chi connectivity index (χ0v) is 12.5. The van der Waals surface area contributed by atoms with Crippen molar-refractivity contribution < 1.29 is 29.3 Å². The van der Waals surface area contributed by atoms with E-state index in [0.29, 0.717) is 18.4 Å². The van der Waals surface area contributed by atoms with Crippen LogP contribution in [0.4, 0.5) is 0 Å². The lowest BCUT2D eigenvalue weighted by atomic mass is 9.98. The second-order valence-electron chi connectivity index (χ2n) is 4.88. The van der Waals surface area contributed by atoms with Crippen LogP contribution < -0.4 is 0 Å². The van der Waals surface area contributed by atoms with E-state index in [0.717, 1.165) is 0 Å². The zero-order chi connectivity index (χ0) is 16.9. The van der Waals surface area contributed by atoms with Gasteiger partial charge in [-0.2, -0.15) is 0 Å². The van der Waals surface area contributed by atoms with Crippen LogP contribution in [0.5, 0.6) is 0 Å². The van der Waals surface area contributed by atoms with Crippen molar-refractivity contribution in [1.82, 2.24) is 0 Å². The fraction of sp³-hybridized carbons (Fsp3) is 0.312. The molecular formula is C16H18O6. The van der Waals surface area contributed by atoms with Crippen LogP contribution in [0, 0.1) is 0 Å². The summed E-state index contributed by atoms with van der Waals surface area (Å²) < 4.78 is 5.29. The molecule has 22 heavy (non-hydrogen) atoms. The molecule has 1 atom stereocenters. The van der Waals surface area contributed by atoms with Crippen LogP contribution in [0.3, 0.4) is 0 Å². The minimum atomic E-state index is -1.35. The number of rotatable bonds is 7. The predicted octanol–water partition coefficient (Wildman–Crippen LogP) is 3.04.